The number of hydrogen-bond acceptors (Lipinski definition) is 3. The Balaban J connectivity index is 2.37. The van der Waals surface area contributed by atoms with E-state index in [1.165, 1.54) is 0 Å². The number of nitrogens with one attached hydrogen (secondary N) is 1. The first-order valence-corrected chi connectivity index (χ1v) is 7.50. The van der Waals surface area contributed by atoms with E-state index >= 15 is 0 Å². The Morgan fingerprint density at radius 3 is 2.44 bits per heavy atom. The van der Waals surface area contributed by atoms with Crippen LogP contribution in [0.15, 0.2) is 53.7 Å². The first-order chi connectivity index (χ1) is 8.63. The highest BCUT2D eigenvalue weighted by Crippen LogP contribution is 2.22. The summed E-state index contributed by atoms with van der Waals surface area (Å²) in [6.45, 7) is 1.86. The Morgan fingerprint density at radius 2 is 1.78 bits per heavy atom. The summed E-state index contributed by atoms with van der Waals surface area (Å²) in [5.74, 6) is 0.164. The largest absolute Gasteiger partial charge is 0.294 e. The number of aromatic nitrogens is 1. The van der Waals surface area contributed by atoms with Crippen LogP contribution in [0, 0.1) is 0 Å². The molecule has 0 bridgehead atoms. The second kappa shape index (κ2) is 5.27. The van der Waals surface area contributed by atoms with E-state index < -0.39 is 9.84 Å². The van der Waals surface area contributed by atoms with E-state index in [0.29, 0.717) is 17.0 Å². The third-order valence-electron chi connectivity index (χ3n) is 2.55. The van der Waals surface area contributed by atoms with Crippen molar-refractivity contribution in [3.05, 3.63) is 48.8 Å². The lowest BCUT2D eigenvalue weighted by molar-refractivity contribution is 0.595. The van der Waals surface area contributed by atoms with Gasteiger partial charge in [0, 0.05) is 12.4 Å². The van der Waals surface area contributed by atoms with Crippen LogP contribution in [0.5, 0.6) is 0 Å². The van der Waals surface area contributed by atoms with Crippen LogP contribution in [-0.2, 0) is 9.84 Å². The van der Waals surface area contributed by atoms with Gasteiger partial charge < -0.3 is 0 Å². The number of benzene rings is 1. The summed E-state index contributed by atoms with van der Waals surface area (Å²) < 4.78 is 26.0. The molecule has 0 aliphatic rings. The van der Waals surface area contributed by atoms with Gasteiger partial charge in [-0.2, -0.15) is 0 Å². The van der Waals surface area contributed by atoms with Gasteiger partial charge in [0.1, 0.15) is 0 Å². The quantitative estimate of drug-likeness (QED) is 0.903. The Bertz CT molecular complexity index is 604. The van der Waals surface area contributed by atoms with E-state index in [1.807, 2.05) is 37.5 Å². The van der Waals surface area contributed by atoms with E-state index in [0.717, 1.165) is 0 Å². The van der Waals surface area contributed by atoms with Gasteiger partial charge >= 0.3 is 0 Å². The van der Waals surface area contributed by atoms with Crippen molar-refractivity contribution in [1.82, 2.24) is 4.68 Å². The molecule has 5 heteroatoms. The van der Waals surface area contributed by atoms with Gasteiger partial charge in [-0.3, -0.25) is 10.1 Å². The second-order valence-electron chi connectivity index (χ2n) is 4.02. The topological polar surface area (TPSA) is 51.1 Å². The molecule has 1 aromatic carbocycles. The molecule has 0 amide bonds. The number of para-hydroxylation sites is 1. The molecule has 96 valence electrons. The molecule has 0 saturated heterocycles. The highest BCUT2D eigenvalue weighted by atomic mass is 32.2. The van der Waals surface area contributed by atoms with E-state index in [2.05, 4.69) is 5.43 Å². The molecule has 1 heterocycles. The summed E-state index contributed by atoms with van der Waals surface area (Å²) in [5.41, 5.74) is 3.65. The Labute approximate surface area is 107 Å². The minimum Gasteiger partial charge on any atom is -0.294 e. The van der Waals surface area contributed by atoms with Gasteiger partial charge in [-0.15, -0.1) is 0 Å². The van der Waals surface area contributed by atoms with Gasteiger partial charge in [0.2, 0.25) is 0 Å². The van der Waals surface area contributed by atoms with Crippen LogP contribution < -0.4 is 5.43 Å². The average Bonchev–Trinajstić information content (AvgIpc) is 2.82. The zero-order chi connectivity index (χ0) is 13.0. The van der Waals surface area contributed by atoms with Crippen LogP contribution in [0.25, 0.3) is 0 Å². The molecule has 2 aromatic rings. The molecule has 4 nitrogen and oxygen atoms in total. The number of anilines is 1. The summed E-state index contributed by atoms with van der Waals surface area (Å²) in [7, 11) is -3.22. The summed E-state index contributed by atoms with van der Waals surface area (Å²) in [6, 6.07) is 10.7. The summed E-state index contributed by atoms with van der Waals surface area (Å²) >= 11 is 0. The molecule has 0 aliphatic carbocycles. The van der Waals surface area contributed by atoms with Crippen molar-refractivity contribution in [1.29, 1.82) is 0 Å². The van der Waals surface area contributed by atoms with Gasteiger partial charge in [0.25, 0.3) is 0 Å². The lowest BCUT2D eigenvalue weighted by atomic mass is 10.3. The van der Waals surface area contributed by atoms with Crippen LogP contribution in [0.4, 0.5) is 5.69 Å². The predicted octanol–water partition coefficient (Wildman–Crippen LogP) is 2.55. The lowest BCUT2D eigenvalue weighted by Crippen LogP contribution is -2.12. The van der Waals surface area contributed by atoms with E-state index in [4.69, 9.17) is 0 Å². The minimum absolute atomic E-state index is 0.164. The number of nitrogens with zero attached hydrogens (tertiary/aromatic N) is 1. The normalized spacial score (nSPS) is 11.4. The lowest BCUT2D eigenvalue weighted by Gasteiger charge is -2.12. The van der Waals surface area contributed by atoms with Crippen molar-refractivity contribution in [3.8, 4) is 0 Å². The highest BCUT2D eigenvalue weighted by Gasteiger charge is 2.17. The molecule has 0 unspecified atom stereocenters. The van der Waals surface area contributed by atoms with Crippen molar-refractivity contribution in [2.45, 2.75) is 18.2 Å². The molecular formula is C13H16N2O2S. The van der Waals surface area contributed by atoms with Crippen LogP contribution in [0.1, 0.15) is 13.3 Å². The van der Waals surface area contributed by atoms with Gasteiger partial charge in [-0.05, 0) is 30.7 Å². The van der Waals surface area contributed by atoms with E-state index in [9.17, 15) is 8.42 Å². The fourth-order valence-electron chi connectivity index (χ4n) is 1.76. The molecule has 2 rings (SSSR count). The van der Waals surface area contributed by atoms with Crippen molar-refractivity contribution in [2.75, 3.05) is 11.2 Å². The Kier molecular flexibility index (Phi) is 3.72. The van der Waals surface area contributed by atoms with Crippen molar-refractivity contribution in [3.63, 3.8) is 0 Å². The smallest absolute Gasteiger partial charge is 0.180 e. The predicted molar refractivity (Wildman–Crippen MR) is 72.2 cm³/mol. The Hall–Kier alpha value is -1.75. The molecule has 1 aromatic heterocycles. The van der Waals surface area contributed by atoms with Crippen LogP contribution >= 0.6 is 0 Å². The molecule has 0 fully saturated rings. The van der Waals surface area contributed by atoms with Crippen LogP contribution in [-0.4, -0.2) is 18.8 Å². The zero-order valence-corrected chi connectivity index (χ0v) is 11.0. The van der Waals surface area contributed by atoms with Crippen LogP contribution in [0.2, 0.25) is 0 Å². The van der Waals surface area contributed by atoms with Crippen molar-refractivity contribution in [2.24, 2.45) is 0 Å². The van der Waals surface area contributed by atoms with Crippen LogP contribution in [0.3, 0.4) is 0 Å². The maximum atomic E-state index is 12.1. The fourth-order valence-corrected chi connectivity index (χ4v) is 3.25. The molecule has 0 saturated carbocycles. The molecular weight excluding hydrogens is 248 g/mol. The molecule has 18 heavy (non-hydrogen) atoms. The standard InChI is InChI=1S/C13H16N2O2S/c1-2-11-18(16,17)13-8-4-3-7-12(13)14-15-9-5-6-10-15/h3-10,14H,2,11H2,1H3. The summed E-state index contributed by atoms with van der Waals surface area (Å²) in [5, 5.41) is 0. The van der Waals surface area contributed by atoms with E-state index in [-0.39, 0.29) is 5.75 Å². The number of rotatable bonds is 5. The fraction of sp³-hybridized carbons (Fsp3) is 0.231. The molecule has 0 radical (unpaired) electrons. The first-order valence-electron chi connectivity index (χ1n) is 5.85. The second-order valence-corrected chi connectivity index (χ2v) is 6.09. The monoisotopic (exact) mass is 264 g/mol. The maximum absolute atomic E-state index is 12.1. The number of hydrogen-bond donors (Lipinski definition) is 1. The average molecular weight is 264 g/mol. The highest BCUT2D eigenvalue weighted by molar-refractivity contribution is 7.91. The third-order valence-corrected chi connectivity index (χ3v) is 4.52. The van der Waals surface area contributed by atoms with Gasteiger partial charge in [0.05, 0.1) is 16.3 Å². The SMILES string of the molecule is CCCS(=O)(=O)c1ccccc1Nn1cccc1. The Morgan fingerprint density at radius 1 is 1.11 bits per heavy atom. The molecule has 0 aliphatic heterocycles. The number of sulfone groups is 1. The van der Waals surface area contributed by atoms with Crippen molar-refractivity contribution < 1.29 is 8.42 Å². The van der Waals surface area contributed by atoms with E-state index in [1.54, 1.807) is 22.9 Å². The van der Waals surface area contributed by atoms with Gasteiger partial charge in [-0.25, -0.2) is 8.42 Å². The summed E-state index contributed by atoms with van der Waals surface area (Å²) in [6.07, 6.45) is 4.26. The third kappa shape index (κ3) is 2.73. The first kappa shape index (κ1) is 12.7. The zero-order valence-electron chi connectivity index (χ0n) is 10.2. The summed E-state index contributed by atoms with van der Waals surface area (Å²) in [4.78, 5) is 0.348. The van der Waals surface area contributed by atoms with Crippen molar-refractivity contribution >= 4 is 15.5 Å². The molecule has 1 N–H and O–H groups in total. The molecule has 0 spiro atoms. The maximum Gasteiger partial charge on any atom is 0.180 e. The van der Waals surface area contributed by atoms with Gasteiger partial charge in [-0.1, -0.05) is 19.1 Å². The van der Waals surface area contributed by atoms with Gasteiger partial charge in [0.15, 0.2) is 9.84 Å². The minimum atomic E-state index is -3.22. The molecule has 0 atom stereocenters.